The molecule has 0 bridgehead atoms. The normalized spacial score (nSPS) is 10.6. The Bertz CT molecular complexity index is 403. The number of aryl methyl sites for hydroxylation is 1. The third-order valence-electron chi connectivity index (χ3n) is 2.00. The van der Waals surface area contributed by atoms with Crippen LogP contribution in [0.4, 0.5) is 5.69 Å². The van der Waals surface area contributed by atoms with Gasteiger partial charge in [0.25, 0.3) is 0 Å². The number of nitrogens with two attached hydrogens (primary N) is 1. The second-order valence-corrected chi connectivity index (χ2v) is 3.17. The zero-order valence-electron chi connectivity index (χ0n) is 8.10. The van der Waals surface area contributed by atoms with E-state index in [1.54, 1.807) is 6.26 Å². The molecule has 0 saturated heterocycles. The van der Waals surface area contributed by atoms with E-state index in [9.17, 15) is 0 Å². The summed E-state index contributed by atoms with van der Waals surface area (Å²) in [5, 5.41) is 4.34. The molecule has 0 aliphatic rings. The Balaban J connectivity index is 2.35. The van der Waals surface area contributed by atoms with E-state index in [0.29, 0.717) is 5.69 Å². The molecule has 0 aliphatic carbocycles. The second kappa shape index (κ2) is 3.57. The van der Waals surface area contributed by atoms with Crippen LogP contribution >= 0.6 is 0 Å². The molecule has 0 unspecified atom stereocenters. The van der Waals surface area contributed by atoms with Gasteiger partial charge in [-0.15, -0.1) is 0 Å². The first-order valence-corrected chi connectivity index (χ1v) is 4.68. The maximum absolute atomic E-state index is 5.82. The van der Waals surface area contributed by atoms with Crippen molar-refractivity contribution < 1.29 is 4.42 Å². The van der Waals surface area contributed by atoms with Gasteiger partial charge in [0.1, 0.15) is 0 Å². The van der Waals surface area contributed by atoms with E-state index in [0.717, 1.165) is 24.4 Å². The van der Waals surface area contributed by atoms with E-state index in [2.05, 4.69) is 12.0 Å². The molecule has 2 aromatic heterocycles. The maximum Gasteiger partial charge on any atom is 0.156 e. The van der Waals surface area contributed by atoms with Crippen LogP contribution in [-0.2, 0) is 6.54 Å². The van der Waals surface area contributed by atoms with Gasteiger partial charge >= 0.3 is 0 Å². The molecule has 2 rings (SSSR count). The fourth-order valence-corrected chi connectivity index (χ4v) is 1.39. The molecule has 0 aliphatic heterocycles. The highest BCUT2D eigenvalue weighted by atomic mass is 16.3. The SMILES string of the molecule is CCCn1cc(N)c(-c2ccco2)n1. The average molecular weight is 191 g/mol. The third-order valence-corrected chi connectivity index (χ3v) is 2.00. The van der Waals surface area contributed by atoms with Gasteiger partial charge < -0.3 is 10.2 Å². The third kappa shape index (κ3) is 1.51. The van der Waals surface area contributed by atoms with Gasteiger partial charge in [-0.3, -0.25) is 4.68 Å². The number of nitrogen functional groups attached to an aromatic ring is 1. The van der Waals surface area contributed by atoms with Gasteiger partial charge in [-0.2, -0.15) is 5.10 Å². The van der Waals surface area contributed by atoms with Crippen LogP contribution in [0.3, 0.4) is 0 Å². The number of hydrogen-bond donors (Lipinski definition) is 1. The second-order valence-electron chi connectivity index (χ2n) is 3.17. The van der Waals surface area contributed by atoms with Crippen molar-refractivity contribution in [1.82, 2.24) is 9.78 Å². The van der Waals surface area contributed by atoms with Crippen molar-refractivity contribution >= 4 is 5.69 Å². The number of hydrogen-bond acceptors (Lipinski definition) is 3. The molecule has 2 aromatic rings. The number of aromatic nitrogens is 2. The molecule has 0 radical (unpaired) electrons. The molecular weight excluding hydrogens is 178 g/mol. The summed E-state index contributed by atoms with van der Waals surface area (Å²) >= 11 is 0. The Hall–Kier alpha value is -1.71. The van der Waals surface area contributed by atoms with Gasteiger partial charge in [-0.1, -0.05) is 6.92 Å². The zero-order chi connectivity index (χ0) is 9.97. The average Bonchev–Trinajstić information content (AvgIpc) is 2.74. The summed E-state index contributed by atoms with van der Waals surface area (Å²) in [6.07, 6.45) is 4.49. The monoisotopic (exact) mass is 191 g/mol. The molecule has 0 amide bonds. The Labute approximate surface area is 82.3 Å². The summed E-state index contributed by atoms with van der Waals surface area (Å²) in [6.45, 7) is 2.98. The van der Waals surface area contributed by atoms with Crippen molar-refractivity contribution in [3.8, 4) is 11.5 Å². The van der Waals surface area contributed by atoms with Gasteiger partial charge in [0, 0.05) is 12.7 Å². The Morgan fingerprint density at radius 3 is 3.07 bits per heavy atom. The van der Waals surface area contributed by atoms with Crippen molar-refractivity contribution in [3.05, 3.63) is 24.6 Å². The first-order chi connectivity index (χ1) is 6.81. The summed E-state index contributed by atoms with van der Waals surface area (Å²) in [4.78, 5) is 0. The van der Waals surface area contributed by atoms with Crippen molar-refractivity contribution in [1.29, 1.82) is 0 Å². The van der Waals surface area contributed by atoms with Crippen LogP contribution in [0, 0.1) is 0 Å². The van der Waals surface area contributed by atoms with Crippen LogP contribution in [0.2, 0.25) is 0 Å². The molecule has 0 atom stereocenters. The van der Waals surface area contributed by atoms with Gasteiger partial charge in [0.05, 0.1) is 12.0 Å². The number of furan rings is 1. The van der Waals surface area contributed by atoms with Crippen LogP contribution < -0.4 is 5.73 Å². The number of anilines is 1. The largest absolute Gasteiger partial charge is 0.463 e. The predicted octanol–water partition coefficient (Wildman–Crippen LogP) is 2.14. The molecule has 4 heteroatoms. The van der Waals surface area contributed by atoms with Crippen molar-refractivity contribution in [2.45, 2.75) is 19.9 Å². The van der Waals surface area contributed by atoms with E-state index < -0.39 is 0 Å². The van der Waals surface area contributed by atoms with E-state index in [1.807, 2.05) is 23.0 Å². The quantitative estimate of drug-likeness (QED) is 0.808. The summed E-state index contributed by atoms with van der Waals surface area (Å²) in [5.41, 5.74) is 7.21. The predicted molar refractivity (Wildman–Crippen MR) is 54.6 cm³/mol. The fraction of sp³-hybridized carbons (Fsp3) is 0.300. The van der Waals surface area contributed by atoms with Crippen LogP contribution in [0.15, 0.2) is 29.0 Å². The number of nitrogens with zero attached hydrogens (tertiary/aromatic N) is 2. The molecule has 2 heterocycles. The molecule has 2 N–H and O–H groups in total. The van der Waals surface area contributed by atoms with E-state index >= 15 is 0 Å². The fourth-order valence-electron chi connectivity index (χ4n) is 1.39. The minimum absolute atomic E-state index is 0.661. The van der Waals surface area contributed by atoms with Crippen LogP contribution in [0.1, 0.15) is 13.3 Å². The van der Waals surface area contributed by atoms with Crippen molar-refractivity contribution in [3.63, 3.8) is 0 Å². The van der Waals surface area contributed by atoms with Gasteiger partial charge in [0.15, 0.2) is 11.5 Å². The first kappa shape index (κ1) is 8.87. The maximum atomic E-state index is 5.82. The highest BCUT2D eigenvalue weighted by molar-refractivity contribution is 5.67. The standard InChI is InChI=1S/C10H13N3O/c1-2-5-13-7-8(11)10(12-13)9-4-3-6-14-9/h3-4,6-7H,2,5,11H2,1H3. The molecule has 0 saturated carbocycles. The minimum Gasteiger partial charge on any atom is -0.463 e. The zero-order valence-corrected chi connectivity index (χ0v) is 8.10. The molecule has 0 aromatic carbocycles. The molecule has 0 fully saturated rings. The van der Waals surface area contributed by atoms with Crippen LogP contribution in [0.25, 0.3) is 11.5 Å². The summed E-state index contributed by atoms with van der Waals surface area (Å²) in [7, 11) is 0. The molecule has 14 heavy (non-hydrogen) atoms. The Morgan fingerprint density at radius 2 is 2.43 bits per heavy atom. The lowest BCUT2D eigenvalue weighted by atomic mass is 10.3. The van der Waals surface area contributed by atoms with Crippen molar-refractivity contribution in [2.75, 3.05) is 5.73 Å². The first-order valence-electron chi connectivity index (χ1n) is 4.68. The smallest absolute Gasteiger partial charge is 0.156 e. The molecule has 0 spiro atoms. The van der Waals surface area contributed by atoms with Crippen molar-refractivity contribution in [2.24, 2.45) is 0 Å². The van der Waals surface area contributed by atoms with Crippen LogP contribution in [-0.4, -0.2) is 9.78 Å². The van der Waals surface area contributed by atoms with E-state index in [4.69, 9.17) is 10.2 Å². The minimum atomic E-state index is 0.661. The van der Waals surface area contributed by atoms with Gasteiger partial charge in [0.2, 0.25) is 0 Å². The highest BCUT2D eigenvalue weighted by Gasteiger charge is 2.09. The topological polar surface area (TPSA) is 57.0 Å². The van der Waals surface area contributed by atoms with E-state index in [-0.39, 0.29) is 0 Å². The molecular formula is C10H13N3O. The Morgan fingerprint density at radius 1 is 1.57 bits per heavy atom. The Kier molecular flexibility index (Phi) is 2.26. The van der Waals surface area contributed by atoms with Gasteiger partial charge in [-0.05, 0) is 18.6 Å². The highest BCUT2D eigenvalue weighted by Crippen LogP contribution is 2.23. The van der Waals surface area contributed by atoms with Crippen LogP contribution in [0.5, 0.6) is 0 Å². The summed E-state index contributed by atoms with van der Waals surface area (Å²) in [6, 6.07) is 3.68. The summed E-state index contributed by atoms with van der Waals surface area (Å²) in [5.74, 6) is 0.720. The lowest BCUT2D eigenvalue weighted by Gasteiger charge is -1.94. The lowest BCUT2D eigenvalue weighted by Crippen LogP contribution is -1.96. The molecule has 74 valence electrons. The van der Waals surface area contributed by atoms with Gasteiger partial charge in [-0.25, -0.2) is 0 Å². The lowest BCUT2D eigenvalue weighted by molar-refractivity contribution is 0.569. The summed E-state index contributed by atoms with van der Waals surface area (Å²) < 4.78 is 7.08. The molecule has 4 nitrogen and oxygen atoms in total. The number of rotatable bonds is 3. The van der Waals surface area contributed by atoms with E-state index in [1.165, 1.54) is 0 Å².